The second kappa shape index (κ2) is 7.33. The SMILES string of the molecule is CCCOc1nc(N2CCC(COC)CC2)ccc1N. The summed E-state index contributed by atoms with van der Waals surface area (Å²) in [4.78, 5) is 6.85. The predicted octanol–water partition coefficient (Wildman–Crippen LogP) is 2.32. The molecule has 0 bridgehead atoms. The fourth-order valence-corrected chi connectivity index (χ4v) is 2.50. The van der Waals surface area contributed by atoms with E-state index in [0.29, 0.717) is 24.1 Å². The number of aromatic nitrogens is 1. The maximum Gasteiger partial charge on any atom is 0.239 e. The lowest BCUT2D eigenvalue weighted by Gasteiger charge is -2.32. The van der Waals surface area contributed by atoms with E-state index in [1.54, 1.807) is 7.11 Å². The van der Waals surface area contributed by atoms with Crippen molar-refractivity contribution in [2.45, 2.75) is 26.2 Å². The van der Waals surface area contributed by atoms with E-state index >= 15 is 0 Å². The lowest BCUT2D eigenvalue weighted by molar-refractivity contribution is 0.139. The highest BCUT2D eigenvalue weighted by Crippen LogP contribution is 2.26. The smallest absolute Gasteiger partial charge is 0.239 e. The number of nitrogens with two attached hydrogens (primary N) is 1. The molecule has 1 aliphatic rings. The molecule has 5 heteroatoms. The van der Waals surface area contributed by atoms with Crippen LogP contribution in [0.2, 0.25) is 0 Å². The molecule has 0 unspecified atom stereocenters. The molecule has 1 aromatic heterocycles. The molecule has 0 amide bonds. The molecular weight excluding hydrogens is 254 g/mol. The molecule has 2 N–H and O–H groups in total. The molecule has 0 saturated carbocycles. The first-order valence-corrected chi connectivity index (χ1v) is 7.37. The van der Waals surface area contributed by atoms with Gasteiger partial charge in [-0.15, -0.1) is 0 Å². The number of nitrogen functional groups attached to an aromatic ring is 1. The van der Waals surface area contributed by atoms with E-state index in [0.717, 1.165) is 44.8 Å². The van der Waals surface area contributed by atoms with Crippen molar-refractivity contribution in [1.29, 1.82) is 0 Å². The van der Waals surface area contributed by atoms with Crippen molar-refractivity contribution in [3.05, 3.63) is 12.1 Å². The minimum atomic E-state index is 0.559. The zero-order valence-electron chi connectivity index (χ0n) is 12.5. The summed E-state index contributed by atoms with van der Waals surface area (Å²) in [7, 11) is 1.77. The number of rotatable bonds is 6. The molecule has 0 aromatic carbocycles. The van der Waals surface area contributed by atoms with Crippen molar-refractivity contribution < 1.29 is 9.47 Å². The van der Waals surface area contributed by atoms with E-state index in [1.165, 1.54) is 0 Å². The Labute approximate surface area is 121 Å². The third-order valence-electron chi connectivity index (χ3n) is 3.66. The number of methoxy groups -OCH3 is 1. The predicted molar refractivity (Wildman–Crippen MR) is 81.2 cm³/mol. The minimum absolute atomic E-state index is 0.559. The second-order valence-electron chi connectivity index (χ2n) is 5.30. The van der Waals surface area contributed by atoms with Crippen LogP contribution >= 0.6 is 0 Å². The molecule has 2 heterocycles. The van der Waals surface area contributed by atoms with Gasteiger partial charge < -0.3 is 20.1 Å². The summed E-state index contributed by atoms with van der Waals surface area (Å²) >= 11 is 0. The van der Waals surface area contributed by atoms with Crippen molar-refractivity contribution in [2.75, 3.05) is 44.0 Å². The van der Waals surface area contributed by atoms with E-state index in [4.69, 9.17) is 15.2 Å². The average Bonchev–Trinajstić information content (AvgIpc) is 2.48. The average molecular weight is 279 g/mol. The molecule has 1 saturated heterocycles. The van der Waals surface area contributed by atoms with Gasteiger partial charge in [0.25, 0.3) is 0 Å². The summed E-state index contributed by atoms with van der Waals surface area (Å²) in [5, 5.41) is 0. The Hall–Kier alpha value is -1.49. The Morgan fingerprint density at radius 2 is 2.10 bits per heavy atom. The van der Waals surface area contributed by atoms with Gasteiger partial charge in [-0.25, -0.2) is 0 Å². The number of pyridine rings is 1. The summed E-state index contributed by atoms with van der Waals surface area (Å²) in [5.41, 5.74) is 6.51. The van der Waals surface area contributed by atoms with Crippen LogP contribution < -0.4 is 15.4 Å². The van der Waals surface area contributed by atoms with E-state index in [2.05, 4.69) is 16.8 Å². The van der Waals surface area contributed by atoms with Crippen LogP contribution in [0.5, 0.6) is 5.88 Å². The fourth-order valence-electron chi connectivity index (χ4n) is 2.50. The van der Waals surface area contributed by atoms with E-state index in [9.17, 15) is 0 Å². The molecule has 2 rings (SSSR count). The van der Waals surface area contributed by atoms with Crippen molar-refractivity contribution in [1.82, 2.24) is 4.98 Å². The maximum atomic E-state index is 5.90. The van der Waals surface area contributed by atoms with Gasteiger partial charge in [-0.3, -0.25) is 0 Å². The molecule has 1 fully saturated rings. The van der Waals surface area contributed by atoms with Gasteiger partial charge in [-0.1, -0.05) is 6.92 Å². The standard InChI is InChI=1S/C15H25N3O2/c1-3-10-20-15-13(16)4-5-14(17-15)18-8-6-12(7-9-18)11-19-2/h4-5,12H,3,6-11,16H2,1-2H3. The van der Waals surface area contributed by atoms with Crippen LogP contribution in [0, 0.1) is 5.92 Å². The number of hydrogen-bond donors (Lipinski definition) is 1. The van der Waals surface area contributed by atoms with Crippen molar-refractivity contribution >= 4 is 11.5 Å². The number of nitrogens with zero attached hydrogens (tertiary/aromatic N) is 2. The lowest BCUT2D eigenvalue weighted by atomic mass is 9.98. The topological polar surface area (TPSA) is 60.6 Å². The summed E-state index contributed by atoms with van der Waals surface area (Å²) < 4.78 is 10.8. The maximum absolute atomic E-state index is 5.90. The zero-order valence-corrected chi connectivity index (χ0v) is 12.5. The van der Waals surface area contributed by atoms with Crippen LogP contribution in [0.15, 0.2) is 12.1 Å². The van der Waals surface area contributed by atoms with Crippen molar-refractivity contribution in [2.24, 2.45) is 5.92 Å². The molecule has 1 aromatic rings. The van der Waals surface area contributed by atoms with Crippen LogP contribution in [0.1, 0.15) is 26.2 Å². The largest absolute Gasteiger partial charge is 0.476 e. The molecule has 0 atom stereocenters. The van der Waals surface area contributed by atoms with Crippen LogP contribution in [-0.2, 0) is 4.74 Å². The number of ether oxygens (including phenoxy) is 2. The third kappa shape index (κ3) is 3.76. The molecule has 0 radical (unpaired) electrons. The molecule has 5 nitrogen and oxygen atoms in total. The molecule has 112 valence electrons. The van der Waals surface area contributed by atoms with E-state index in [-0.39, 0.29) is 0 Å². The van der Waals surface area contributed by atoms with Gasteiger partial charge in [-0.05, 0) is 37.3 Å². The summed E-state index contributed by atoms with van der Waals surface area (Å²) in [6.07, 6.45) is 3.24. The Kier molecular flexibility index (Phi) is 5.47. The summed E-state index contributed by atoms with van der Waals surface area (Å²) in [6, 6.07) is 3.86. The number of anilines is 2. The molecule has 0 aliphatic carbocycles. The summed E-state index contributed by atoms with van der Waals surface area (Å²) in [5.74, 6) is 2.19. The van der Waals surface area contributed by atoms with Crippen LogP contribution in [0.3, 0.4) is 0 Å². The highest BCUT2D eigenvalue weighted by molar-refractivity contribution is 5.54. The quantitative estimate of drug-likeness (QED) is 0.866. The number of hydrogen-bond acceptors (Lipinski definition) is 5. The number of piperidine rings is 1. The Balaban J connectivity index is 1.99. The lowest BCUT2D eigenvalue weighted by Crippen LogP contribution is -2.35. The van der Waals surface area contributed by atoms with Crippen LogP contribution in [0.25, 0.3) is 0 Å². The van der Waals surface area contributed by atoms with Crippen LogP contribution in [0.4, 0.5) is 11.5 Å². The van der Waals surface area contributed by atoms with Gasteiger partial charge in [0.15, 0.2) is 0 Å². The third-order valence-corrected chi connectivity index (χ3v) is 3.66. The Morgan fingerprint density at radius 3 is 2.75 bits per heavy atom. The molecule has 20 heavy (non-hydrogen) atoms. The van der Waals surface area contributed by atoms with E-state index < -0.39 is 0 Å². The van der Waals surface area contributed by atoms with Gasteiger partial charge in [0, 0.05) is 26.8 Å². The molecule has 1 aliphatic heterocycles. The van der Waals surface area contributed by atoms with Gasteiger partial charge in [0.2, 0.25) is 5.88 Å². The van der Waals surface area contributed by atoms with Gasteiger partial charge >= 0.3 is 0 Å². The second-order valence-corrected chi connectivity index (χ2v) is 5.30. The first-order valence-electron chi connectivity index (χ1n) is 7.37. The minimum Gasteiger partial charge on any atom is -0.476 e. The van der Waals surface area contributed by atoms with Crippen molar-refractivity contribution in [3.8, 4) is 5.88 Å². The normalized spacial score (nSPS) is 16.4. The highest BCUT2D eigenvalue weighted by atomic mass is 16.5. The van der Waals surface area contributed by atoms with E-state index in [1.807, 2.05) is 12.1 Å². The van der Waals surface area contributed by atoms with Gasteiger partial charge in [0.1, 0.15) is 5.82 Å². The highest BCUT2D eigenvalue weighted by Gasteiger charge is 2.20. The zero-order chi connectivity index (χ0) is 14.4. The summed E-state index contributed by atoms with van der Waals surface area (Å²) in [6.45, 7) is 5.60. The Bertz CT molecular complexity index is 418. The van der Waals surface area contributed by atoms with Crippen LogP contribution in [-0.4, -0.2) is 38.4 Å². The van der Waals surface area contributed by atoms with Gasteiger partial charge in [-0.2, -0.15) is 4.98 Å². The first-order chi connectivity index (χ1) is 9.74. The van der Waals surface area contributed by atoms with Gasteiger partial charge in [0.05, 0.1) is 12.3 Å². The Morgan fingerprint density at radius 1 is 1.35 bits per heavy atom. The monoisotopic (exact) mass is 279 g/mol. The molecular formula is C15H25N3O2. The first kappa shape index (κ1) is 14.9. The van der Waals surface area contributed by atoms with Crippen molar-refractivity contribution in [3.63, 3.8) is 0 Å². The molecule has 0 spiro atoms. The fraction of sp³-hybridized carbons (Fsp3) is 0.667.